The molecule has 2 aromatic heterocycles. The molecule has 0 radical (unpaired) electrons. The summed E-state index contributed by atoms with van der Waals surface area (Å²) in [5, 5.41) is -0.107. The third-order valence-corrected chi connectivity index (χ3v) is 3.86. The van der Waals surface area contributed by atoms with Crippen LogP contribution < -0.4 is 0 Å². The van der Waals surface area contributed by atoms with Crippen molar-refractivity contribution in [2.75, 3.05) is 26.3 Å². The number of carbonyl (C=O) groups excluding carboxylic acids is 1. The molecule has 0 aliphatic carbocycles. The topological polar surface area (TPSA) is 46.8 Å². The molecular weight excluding hydrogens is 335 g/mol. The Morgan fingerprint density at radius 3 is 2.65 bits per heavy atom. The zero-order chi connectivity index (χ0) is 16.6. The second kappa shape index (κ2) is 6.01. The largest absolute Gasteiger partial charge is 0.417 e. The van der Waals surface area contributed by atoms with Gasteiger partial charge in [0.25, 0.3) is 0 Å². The predicted molar refractivity (Wildman–Crippen MR) is 76.3 cm³/mol. The lowest BCUT2D eigenvalue weighted by Gasteiger charge is -2.26. The first kappa shape index (κ1) is 16.1. The summed E-state index contributed by atoms with van der Waals surface area (Å²) in [6.45, 7) is 1.98. The van der Waals surface area contributed by atoms with E-state index in [1.807, 2.05) is 0 Å². The zero-order valence-corrected chi connectivity index (χ0v) is 12.7. The van der Waals surface area contributed by atoms with E-state index < -0.39 is 11.7 Å². The van der Waals surface area contributed by atoms with Gasteiger partial charge in [0.1, 0.15) is 0 Å². The Morgan fingerprint density at radius 1 is 1.30 bits per heavy atom. The fraction of sp³-hybridized carbons (Fsp3) is 0.429. The molecule has 1 amide bonds. The van der Waals surface area contributed by atoms with E-state index in [0.717, 1.165) is 12.3 Å². The van der Waals surface area contributed by atoms with Gasteiger partial charge in [-0.1, -0.05) is 11.6 Å². The molecule has 23 heavy (non-hydrogen) atoms. The molecule has 0 unspecified atom stereocenters. The fourth-order valence-corrected chi connectivity index (χ4v) is 2.68. The molecule has 3 rings (SSSR count). The second-order valence-corrected chi connectivity index (χ2v) is 5.61. The number of morpholine rings is 1. The van der Waals surface area contributed by atoms with Gasteiger partial charge in [-0.2, -0.15) is 13.2 Å². The Labute approximate surface area is 134 Å². The van der Waals surface area contributed by atoms with Gasteiger partial charge >= 0.3 is 6.18 Å². The maximum atomic E-state index is 12.8. The summed E-state index contributed by atoms with van der Waals surface area (Å²) >= 11 is 5.87. The van der Waals surface area contributed by atoms with Gasteiger partial charge in [0.05, 0.1) is 35.9 Å². The maximum Gasteiger partial charge on any atom is 0.417 e. The van der Waals surface area contributed by atoms with Gasteiger partial charge in [-0.25, -0.2) is 4.98 Å². The average molecular weight is 348 g/mol. The molecule has 9 heteroatoms. The number of hydrogen-bond donors (Lipinski definition) is 0. The molecule has 1 aliphatic heterocycles. The molecule has 0 spiro atoms. The summed E-state index contributed by atoms with van der Waals surface area (Å²) < 4.78 is 44.7. The van der Waals surface area contributed by atoms with E-state index in [-0.39, 0.29) is 23.0 Å². The highest BCUT2D eigenvalue weighted by atomic mass is 35.5. The van der Waals surface area contributed by atoms with Gasteiger partial charge in [-0.15, -0.1) is 0 Å². The Bertz CT molecular complexity index is 739. The number of carbonyl (C=O) groups is 1. The molecule has 124 valence electrons. The Kier molecular flexibility index (Phi) is 4.20. The first-order chi connectivity index (χ1) is 10.8. The minimum Gasteiger partial charge on any atom is -0.378 e. The molecule has 0 N–H and O–H groups in total. The lowest BCUT2D eigenvalue weighted by molar-refractivity contribution is -0.138. The van der Waals surface area contributed by atoms with Crippen molar-refractivity contribution in [2.24, 2.45) is 0 Å². The highest BCUT2D eigenvalue weighted by Gasteiger charge is 2.32. The number of hydrogen-bond acceptors (Lipinski definition) is 3. The van der Waals surface area contributed by atoms with Crippen molar-refractivity contribution >= 4 is 23.2 Å². The minimum atomic E-state index is -4.49. The monoisotopic (exact) mass is 347 g/mol. The fourth-order valence-electron chi connectivity index (χ4n) is 2.43. The number of imidazole rings is 1. The van der Waals surface area contributed by atoms with E-state index in [0.29, 0.717) is 32.0 Å². The SMILES string of the molecule is O=C(Cc1cn2cc(C(F)(F)F)cc(Cl)c2n1)N1CCOCC1. The predicted octanol–water partition coefficient (Wildman–Crippen LogP) is 2.41. The van der Waals surface area contributed by atoms with Crippen molar-refractivity contribution in [3.8, 4) is 0 Å². The number of halogens is 4. The van der Waals surface area contributed by atoms with Crippen LogP contribution in [0.3, 0.4) is 0 Å². The summed E-state index contributed by atoms with van der Waals surface area (Å²) in [6, 6.07) is 0.831. The van der Waals surface area contributed by atoms with Crippen LogP contribution in [0, 0.1) is 0 Å². The summed E-state index contributed by atoms with van der Waals surface area (Å²) in [7, 11) is 0. The lowest BCUT2D eigenvalue weighted by atomic mass is 10.3. The van der Waals surface area contributed by atoms with Crippen LogP contribution >= 0.6 is 11.6 Å². The summed E-state index contributed by atoms with van der Waals surface area (Å²) in [4.78, 5) is 18.0. The lowest BCUT2D eigenvalue weighted by Crippen LogP contribution is -2.41. The standard InChI is InChI=1S/C14H13ClF3N3O2/c15-11-5-9(14(16,17)18)7-21-8-10(19-13(11)21)6-12(22)20-1-3-23-4-2-20/h5,7-8H,1-4,6H2. The highest BCUT2D eigenvalue weighted by Crippen LogP contribution is 2.32. The number of alkyl halides is 3. The van der Waals surface area contributed by atoms with Crippen LogP contribution in [0.25, 0.3) is 5.65 Å². The number of fused-ring (bicyclic) bond motifs is 1. The van der Waals surface area contributed by atoms with Gasteiger partial charge in [0.2, 0.25) is 5.91 Å². The molecule has 0 bridgehead atoms. The molecule has 1 fully saturated rings. The molecule has 3 heterocycles. The van der Waals surface area contributed by atoms with E-state index in [2.05, 4.69) is 4.98 Å². The molecule has 0 atom stereocenters. The summed E-state index contributed by atoms with van der Waals surface area (Å²) in [5.74, 6) is -0.135. The first-order valence-electron chi connectivity index (χ1n) is 6.94. The number of ether oxygens (including phenoxy) is 1. The van der Waals surface area contributed by atoms with Gasteiger partial charge in [0.15, 0.2) is 5.65 Å². The molecule has 2 aromatic rings. The zero-order valence-electron chi connectivity index (χ0n) is 11.9. The molecular formula is C14H13ClF3N3O2. The molecule has 5 nitrogen and oxygen atoms in total. The van der Waals surface area contributed by atoms with Crippen LogP contribution in [0.2, 0.25) is 5.02 Å². The minimum absolute atomic E-state index is 0.0133. The smallest absolute Gasteiger partial charge is 0.378 e. The third-order valence-electron chi connectivity index (χ3n) is 3.58. The van der Waals surface area contributed by atoms with Crippen molar-refractivity contribution in [2.45, 2.75) is 12.6 Å². The molecule has 1 saturated heterocycles. The van der Waals surface area contributed by atoms with Crippen molar-refractivity contribution in [3.63, 3.8) is 0 Å². The molecule has 0 saturated carbocycles. The van der Waals surface area contributed by atoms with Crippen LogP contribution in [-0.2, 0) is 22.1 Å². The molecule has 0 aromatic carbocycles. The van der Waals surface area contributed by atoms with Crippen LogP contribution in [0.1, 0.15) is 11.3 Å². The van der Waals surface area contributed by atoms with Gasteiger partial charge in [-0.3, -0.25) is 4.79 Å². The average Bonchev–Trinajstić information content (AvgIpc) is 2.90. The normalized spacial score (nSPS) is 16.1. The van der Waals surface area contributed by atoms with Crippen molar-refractivity contribution in [1.82, 2.24) is 14.3 Å². The van der Waals surface area contributed by atoms with Crippen LogP contribution in [0.5, 0.6) is 0 Å². The number of aromatic nitrogens is 2. The summed E-state index contributed by atoms with van der Waals surface area (Å²) in [5.41, 5.74) is -0.286. The Balaban J connectivity index is 1.85. The van der Waals surface area contributed by atoms with E-state index >= 15 is 0 Å². The van der Waals surface area contributed by atoms with Gasteiger partial charge in [0, 0.05) is 25.5 Å². The number of amides is 1. The van der Waals surface area contributed by atoms with Crippen LogP contribution in [0.4, 0.5) is 13.2 Å². The quantitative estimate of drug-likeness (QED) is 0.838. The van der Waals surface area contributed by atoms with Gasteiger partial charge in [-0.05, 0) is 6.07 Å². The number of pyridine rings is 1. The van der Waals surface area contributed by atoms with Crippen molar-refractivity contribution in [3.05, 3.63) is 34.7 Å². The van der Waals surface area contributed by atoms with Crippen LogP contribution in [0.15, 0.2) is 18.5 Å². The van der Waals surface area contributed by atoms with E-state index in [1.54, 1.807) is 4.90 Å². The highest BCUT2D eigenvalue weighted by molar-refractivity contribution is 6.33. The van der Waals surface area contributed by atoms with E-state index in [4.69, 9.17) is 16.3 Å². The van der Waals surface area contributed by atoms with Gasteiger partial charge < -0.3 is 14.0 Å². The second-order valence-electron chi connectivity index (χ2n) is 5.21. The Morgan fingerprint density at radius 2 is 2.00 bits per heavy atom. The van der Waals surface area contributed by atoms with Crippen molar-refractivity contribution < 1.29 is 22.7 Å². The molecule has 1 aliphatic rings. The van der Waals surface area contributed by atoms with E-state index in [1.165, 1.54) is 10.6 Å². The maximum absolute atomic E-state index is 12.8. The van der Waals surface area contributed by atoms with Crippen LogP contribution in [-0.4, -0.2) is 46.5 Å². The van der Waals surface area contributed by atoms with Crippen molar-refractivity contribution in [1.29, 1.82) is 0 Å². The number of rotatable bonds is 2. The Hall–Kier alpha value is -1.80. The number of nitrogens with zero attached hydrogens (tertiary/aromatic N) is 3. The first-order valence-corrected chi connectivity index (χ1v) is 7.32. The third kappa shape index (κ3) is 3.42. The summed E-state index contributed by atoms with van der Waals surface area (Å²) in [6.07, 6.45) is -2.17. The van der Waals surface area contributed by atoms with E-state index in [9.17, 15) is 18.0 Å².